The first-order valence-corrected chi connectivity index (χ1v) is 12.0. The van der Waals surface area contributed by atoms with Gasteiger partial charge in [0.15, 0.2) is 5.78 Å². The van der Waals surface area contributed by atoms with Gasteiger partial charge in [-0.1, -0.05) is 13.8 Å². The molecule has 0 amide bonds. The van der Waals surface area contributed by atoms with Crippen LogP contribution in [-0.2, 0) is 16.1 Å². The maximum Gasteiger partial charge on any atom is 0.157 e. The van der Waals surface area contributed by atoms with E-state index < -0.39 is 0 Å². The summed E-state index contributed by atoms with van der Waals surface area (Å²) >= 11 is 0. The van der Waals surface area contributed by atoms with Gasteiger partial charge in [-0.2, -0.15) is 5.10 Å². The van der Waals surface area contributed by atoms with Crippen LogP contribution < -0.4 is 0 Å². The fourth-order valence-corrected chi connectivity index (χ4v) is 8.54. The molecule has 0 saturated heterocycles. The van der Waals surface area contributed by atoms with Crippen LogP contribution in [-0.4, -0.2) is 28.8 Å². The molecule has 0 aromatic carbocycles. The molecular weight excluding hydrogens is 360 g/mol. The lowest BCUT2D eigenvalue weighted by molar-refractivity contribution is -0.132. The molecule has 0 bridgehead atoms. The van der Waals surface area contributed by atoms with Crippen LogP contribution in [0.1, 0.15) is 65.2 Å². The molecule has 0 radical (unpaired) electrons. The lowest BCUT2D eigenvalue weighted by atomic mass is 9.49. The van der Waals surface area contributed by atoms with Gasteiger partial charge in [-0.15, -0.1) is 0 Å². The first-order valence-electron chi connectivity index (χ1n) is 12.0. The highest BCUT2D eigenvalue weighted by atomic mass is 16.5. The molecule has 0 N–H and O–H groups in total. The lowest BCUT2D eigenvalue weighted by Crippen LogP contribution is -2.51. The van der Waals surface area contributed by atoms with E-state index in [2.05, 4.69) is 18.9 Å². The fraction of sp³-hybridized carbons (Fsp3) is 0.840. The highest BCUT2D eigenvalue weighted by molar-refractivity contribution is 5.82. The van der Waals surface area contributed by atoms with Crippen molar-refractivity contribution in [2.45, 2.75) is 77.9 Å². The molecule has 9 atom stereocenters. The van der Waals surface area contributed by atoms with Crippen LogP contribution in [0.25, 0.3) is 0 Å². The summed E-state index contributed by atoms with van der Waals surface area (Å²) in [5.74, 6) is 5.58. The predicted octanol–water partition coefficient (Wildman–Crippen LogP) is 4.98. The van der Waals surface area contributed by atoms with Gasteiger partial charge in [0.05, 0.1) is 12.6 Å². The summed E-state index contributed by atoms with van der Waals surface area (Å²) in [5, 5.41) is 4.27. The van der Waals surface area contributed by atoms with Crippen molar-refractivity contribution in [3.05, 3.63) is 18.5 Å². The smallest absolute Gasteiger partial charge is 0.157 e. The predicted molar refractivity (Wildman–Crippen MR) is 113 cm³/mol. The van der Waals surface area contributed by atoms with E-state index in [9.17, 15) is 4.79 Å². The normalized spacial score (nSPS) is 46.6. The quantitative estimate of drug-likeness (QED) is 0.718. The monoisotopic (exact) mass is 398 g/mol. The zero-order chi connectivity index (χ0) is 20.2. The minimum Gasteiger partial charge on any atom is -0.381 e. The van der Waals surface area contributed by atoms with Gasteiger partial charge in [-0.3, -0.25) is 9.48 Å². The number of ether oxygens (including phenoxy) is 1. The Kier molecular flexibility index (Phi) is 5.13. The summed E-state index contributed by atoms with van der Waals surface area (Å²) in [4.78, 5) is 13.2. The van der Waals surface area contributed by atoms with Gasteiger partial charge in [0.1, 0.15) is 0 Å². The molecule has 5 rings (SSSR count). The number of aromatic nitrogens is 2. The third-order valence-corrected chi connectivity index (χ3v) is 9.90. The Balaban J connectivity index is 1.33. The molecule has 4 fully saturated rings. The van der Waals surface area contributed by atoms with Gasteiger partial charge in [0.2, 0.25) is 0 Å². The van der Waals surface area contributed by atoms with Gasteiger partial charge >= 0.3 is 0 Å². The van der Waals surface area contributed by atoms with Crippen LogP contribution >= 0.6 is 0 Å². The van der Waals surface area contributed by atoms with E-state index in [0.717, 1.165) is 36.0 Å². The molecule has 4 aliphatic carbocycles. The van der Waals surface area contributed by atoms with E-state index in [1.807, 2.05) is 24.1 Å². The van der Waals surface area contributed by atoms with E-state index in [-0.39, 0.29) is 11.3 Å². The summed E-state index contributed by atoms with van der Waals surface area (Å²) in [5.41, 5.74) is 0.209. The van der Waals surface area contributed by atoms with Crippen molar-refractivity contribution in [3.63, 3.8) is 0 Å². The topological polar surface area (TPSA) is 44.1 Å². The molecular formula is C25H38N2O2. The fourth-order valence-electron chi connectivity index (χ4n) is 8.54. The molecule has 4 saturated carbocycles. The van der Waals surface area contributed by atoms with Crippen molar-refractivity contribution in [1.82, 2.24) is 9.78 Å². The Morgan fingerprint density at radius 3 is 2.76 bits per heavy atom. The molecule has 1 heterocycles. The third-order valence-electron chi connectivity index (χ3n) is 9.90. The number of nitrogens with zero attached hydrogens (tertiary/aromatic N) is 2. The molecule has 9 unspecified atom stereocenters. The van der Waals surface area contributed by atoms with E-state index >= 15 is 0 Å². The van der Waals surface area contributed by atoms with E-state index in [1.54, 1.807) is 6.20 Å². The SMILES string of the molecule is COC1CC2C(CCC3C2CCC2(C)C(C(=O)Cn4cccn4)CCC32)CC1C. The standard InChI is InChI=1S/C25H38N2O2/c1-16-13-17-5-6-19-18(20(17)14-24(16)29-3)9-10-25(2)21(19)7-8-22(25)23(28)15-27-12-4-11-26-27/h4,11-12,16-22,24H,5-10,13-15H2,1-3H3. The minimum absolute atomic E-state index is 0.209. The highest BCUT2D eigenvalue weighted by Gasteiger charge is 2.58. The molecule has 4 nitrogen and oxygen atoms in total. The maximum atomic E-state index is 13.2. The Morgan fingerprint density at radius 2 is 2.00 bits per heavy atom. The number of Topliss-reactive ketones (excluding diaryl/α,β-unsaturated/α-hetero) is 1. The summed E-state index contributed by atoms with van der Waals surface area (Å²) < 4.78 is 7.69. The zero-order valence-electron chi connectivity index (χ0n) is 18.4. The van der Waals surface area contributed by atoms with Crippen LogP contribution in [0.3, 0.4) is 0 Å². The molecule has 1 aromatic rings. The largest absolute Gasteiger partial charge is 0.381 e. The number of hydrogen-bond acceptors (Lipinski definition) is 3. The molecule has 160 valence electrons. The van der Waals surface area contributed by atoms with Gasteiger partial charge in [0.25, 0.3) is 0 Å². The third kappa shape index (κ3) is 3.21. The number of hydrogen-bond donors (Lipinski definition) is 0. The summed E-state index contributed by atoms with van der Waals surface area (Å²) in [7, 11) is 1.91. The Hall–Kier alpha value is -1.16. The Morgan fingerprint density at radius 1 is 1.14 bits per heavy atom. The molecule has 0 aliphatic heterocycles. The Labute approximate surface area is 175 Å². The van der Waals surface area contributed by atoms with Gasteiger partial charge in [-0.05, 0) is 98.4 Å². The number of fused-ring (bicyclic) bond motifs is 5. The van der Waals surface area contributed by atoms with Gasteiger partial charge in [0, 0.05) is 25.4 Å². The number of carbonyl (C=O) groups is 1. The van der Waals surface area contributed by atoms with Crippen molar-refractivity contribution in [3.8, 4) is 0 Å². The van der Waals surface area contributed by atoms with Crippen LogP contribution in [0.15, 0.2) is 18.5 Å². The number of carbonyl (C=O) groups excluding carboxylic acids is 1. The summed E-state index contributed by atoms with van der Waals surface area (Å²) in [6, 6.07) is 1.91. The van der Waals surface area contributed by atoms with Crippen LogP contribution in [0.2, 0.25) is 0 Å². The van der Waals surface area contributed by atoms with Gasteiger partial charge < -0.3 is 4.74 Å². The second-order valence-electron chi connectivity index (χ2n) is 11.0. The first kappa shape index (κ1) is 19.8. The second kappa shape index (κ2) is 7.51. The summed E-state index contributed by atoms with van der Waals surface area (Å²) in [6.45, 7) is 5.30. The van der Waals surface area contributed by atoms with E-state index in [1.165, 1.54) is 44.9 Å². The van der Waals surface area contributed by atoms with Crippen LogP contribution in [0.4, 0.5) is 0 Å². The van der Waals surface area contributed by atoms with E-state index in [4.69, 9.17) is 4.74 Å². The van der Waals surface area contributed by atoms with Crippen molar-refractivity contribution in [2.75, 3.05) is 7.11 Å². The second-order valence-corrected chi connectivity index (χ2v) is 11.0. The highest BCUT2D eigenvalue weighted by Crippen LogP contribution is 2.64. The van der Waals surface area contributed by atoms with Crippen molar-refractivity contribution in [2.24, 2.45) is 46.8 Å². The summed E-state index contributed by atoms with van der Waals surface area (Å²) in [6.07, 6.45) is 14.5. The average Bonchev–Trinajstić information content (AvgIpc) is 3.34. The van der Waals surface area contributed by atoms with Crippen LogP contribution in [0, 0.1) is 46.8 Å². The number of rotatable bonds is 4. The molecule has 4 aliphatic rings. The number of methoxy groups -OCH3 is 1. The Bertz CT molecular complexity index is 731. The zero-order valence-corrected chi connectivity index (χ0v) is 18.4. The molecule has 4 heteroatoms. The molecule has 29 heavy (non-hydrogen) atoms. The molecule has 0 spiro atoms. The van der Waals surface area contributed by atoms with Crippen molar-refractivity contribution < 1.29 is 9.53 Å². The van der Waals surface area contributed by atoms with Crippen molar-refractivity contribution >= 4 is 5.78 Å². The minimum atomic E-state index is 0.209. The molecule has 1 aromatic heterocycles. The van der Waals surface area contributed by atoms with Crippen molar-refractivity contribution in [1.29, 1.82) is 0 Å². The maximum absolute atomic E-state index is 13.2. The van der Waals surface area contributed by atoms with E-state index in [0.29, 0.717) is 24.3 Å². The first-order chi connectivity index (χ1) is 14.0. The lowest BCUT2D eigenvalue weighted by Gasteiger charge is -2.57. The van der Waals surface area contributed by atoms with Gasteiger partial charge in [-0.25, -0.2) is 0 Å². The number of ketones is 1. The average molecular weight is 399 g/mol. The van der Waals surface area contributed by atoms with Crippen LogP contribution in [0.5, 0.6) is 0 Å².